The molecule has 0 aromatic heterocycles. The molecule has 2 N–H and O–H groups in total. The fourth-order valence-corrected chi connectivity index (χ4v) is 3.85. The highest BCUT2D eigenvalue weighted by Crippen LogP contribution is 2.40. The number of rotatable bonds is 2. The molecule has 2 rings (SSSR count). The van der Waals surface area contributed by atoms with Gasteiger partial charge in [0, 0.05) is 26.1 Å². The summed E-state index contributed by atoms with van der Waals surface area (Å²) in [4.78, 5) is 0. The van der Waals surface area contributed by atoms with Crippen LogP contribution in [0.3, 0.4) is 0 Å². The molecule has 6 heteroatoms. The highest BCUT2D eigenvalue weighted by molar-refractivity contribution is 7.87. The van der Waals surface area contributed by atoms with E-state index < -0.39 is 15.8 Å². The van der Waals surface area contributed by atoms with Gasteiger partial charge in [-0.3, -0.25) is 0 Å². The number of nitrogens with zero attached hydrogens (tertiary/aromatic N) is 1. The standard InChI is InChI=1S/C10H20N2O3S/c1-11-16(14,15)12-7-6-10(13)5-3-2-4-9(10)8-12/h9,11,13H,2-8H2,1H3. The molecule has 2 unspecified atom stereocenters. The molecule has 0 bridgehead atoms. The van der Waals surface area contributed by atoms with Crippen molar-refractivity contribution in [3.8, 4) is 0 Å². The first kappa shape index (κ1) is 12.3. The average Bonchev–Trinajstić information content (AvgIpc) is 2.27. The maximum Gasteiger partial charge on any atom is 0.279 e. The predicted molar refractivity (Wildman–Crippen MR) is 61.1 cm³/mol. The van der Waals surface area contributed by atoms with Crippen molar-refractivity contribution in [2.45, 2.75) is 37.7 Å². The quantitative estimate of drug-likeness (QED) is 0.727. The van der Waals surface area contributed by atoms with E-state index in [2.05, 4.69) is 4.72 Å². The van der Waals surface area contributed by atoms with Crippen LogP contribution in [0.4, 0.5) is 0 Å². The van der Waals surface area contributed by atoms with Crippen LogP contribution in [-0.2, 0) is 10.2 Å². The summed E-state index contributed by atoms with van der Waals surface area (Å²) in [5.41, 5.74) is -0.613. The van der Waals surface area contributed by atoms with Crippen molar-refractivity contribution in [3.63, 3.8) is 0 Å². The molecule has 2 fully saturated rings. The lowest BCUT2D eigenvalue weighted by Crippen LogP contribution is -2.56. The third-order valence-corrected chi connectivity index (χ3v) is 5.52. The van der Waals surface area contributed by atoms with Crippen LogP contribution >= 0.6 is 0 Å². The van der Waals surface area contributed by atoms with Crippen LogP contribution < -0.4 is 4.72 Å². The van der Waals surface area contributed by atoms with E-state index in [4.69, 9.17) is 0 Å². The van der Waals surface area contributed by atoms with Crippen LogP contribution in [0.25, 0.3) is 0 Å². The van der Waals surface area contributed by atoms with Gasteiger partial charge in [0.2, 0.25) is 0 Å². The van der Waals surface area contributed by atoms with Crippen LogP contribution in [-0.4, -0.2) is 43.6 Å². The maximum absolute atomic E-state index is 11.7. The third kappa shape index (κ3) is 2.11. The number of fused-ring (bicyclic) bond motifs is 1. The zero-order valence-electron chi connectivity index (χ0n) is 9.65. The van der Waals surface area contributed by atoms with Gasteiger partial charge >= 0.3 is 0 Å². The van der Waals surface area contributed by atoms with E-state index in [1.165, 1.54) is 11.4 Å². The Morgan fingerprint density at radius 1 is 1.38 bits per heavy atom. The van der Waals surface area contributed by atoms with Gasteiger partial charge in [-0.1, -0.05) is 12.8 Å². The molecule has 0 amide bonds. The fourth-order valence-electron chi connectivity index (χ4n) is 2.89. The summed E-state index contributed by atoms with van der Waals surface area (Å²) in [5, 5.41) is 10.4. The van der Waals surface area contributed by atoms with Crippen LogP contribution in [0.1, 0.15) is 32.1 Å². The van der Waals surface area contributed by atoms with Crippen LogP contribution in [0, 0.1) is 5.92 Å². The Morgan fingerprint density at radius 2 is 2.12 bits per heavy atom. The molecule has 2 aliphatic rings. The zero-order chi connectivity index (χ0) is 11.8. The van der Waals surface area contributed by atoms with Gasteiger partial charge in [-0.05, 0) is 19.3 Å². The van der Waals surface area contributed by atoms with Gasteiger partial charge in [-0.25, -0.2) is 4.72 Å². The molecule has 1 aliphatic heterocycles. The summed E-state index contributed by atoms with van der Waals surface area (Å²) in [5.74, 6) is 0.109. The minimum absolute atomic E-state index is 0.109. The van der Waals surface area contributed by atoms with Crippen molar-refractivity contribution in [2.24, 2.45) is 5.92 Å². The molecule has 0 spiro atoms. The summed E-state index contributed by atoms with van der Waals surface area (Å²) >= 11 is 0. The molecule has 16 heavy (non-hydrogen) atoms. The molecule has 0 radical (unpaired) electrons. The van der Waals surface area contributed by atoms with Crippen LogP contribution in [0.2, 0.25) is 0 Å². The van der Waals surface area contributed by atoms with Crippen LogP contribution in [0.5, 0.6) is 0 Å². The lowest BCUT2D eigenvalue weighted by atomic mass is 9.72. The molecule has 1 saturated carbocycles. The number of hydrogen-bond acceptors (Lipinski definition) is 3. The van der Waals surface area contributed by atoms with E-state index in [1.54, 1.807) is 0 Å². The number of hydrogen-bond donors (Lipinski definition) is 2. The van der Waals surface area contributed by atoms with Gasteiger partial charge in [0.15, 0.2) is 0 Å². The Kier molecular flexibility index (Phi) is 3.27. The van der Waals surface area contributed by atoms with Gasteiger partial charge < -0.3 is 5.11 Å². The van der Waals surface area contributed by atoms with Gasteiger partial charge in [-0.15, -0.1) is 0 Å². The number of aliphatic hydroxyl groups is 1. The van der Waals surface area contributed by atoms with Crippen molar-refractivity contribution in [3.05, 3.63) is 0 Å². The molecule has 2 atom stereocenters. The summed E-state index contributed by atoms with van der Waals surface area (Å²) in [6.45, 7) is 0.885. The minimum atomic E-state index is -3.33. The summed E-state index contributed by atoms with van der Waals surface area (Å²) in [7, 11) is -1.90. The molecule has 94 valence electrons. The van der Waals surface area contributed by atoms with Crippen molar-refractivity contribution >= 4 is 10.2 Å². The van der Waals surface area contributed by atoms with Crippen molar-refractivity contribution in [1.82, 2.24) is 9.03 Å². The highest BCUT2D eigenvalue weighted by Gasteiger charge is 2.44. The smallest absolute Gasteiger partial charge is 0.279 e. The van der Waals surface area contributed by atoms with Crippen molar-refractivity contribution in [1.29, 1.82) is 0 Å². The van der Waals surface area contributed by atoms with E-state index in [1.807, 2.05) is 0 Å². The molecule has 1 aliphatic carbocycles. The lowest BCUT2D eigenvalue weighted by molar-refractivity contribution is -0.0817. The molecule has 1 heterocycles. The number of piperidine rings is 1. The zero-order valence-corrected chi connectivity index (χ0v) is 10.5. The summed E-state index contributed by atoms with van der Waals surface area (Å²) in [6, 6.07) is 0. The second-order valence-corrected chi connectivity index (χ2v) is 6.74. The van der Waals surface area contributed by atoms with E-state index >= 15 is 0 Å². The normalized spacial score (nSPS) is 37.0. The maximum atomic E-state index is 11.7. The Labute approximate surface area is 97.0 Å². The Hall–Kier alpha value is -0.170. The Bertz CT molecular complexity index is 357. The Balaban J connectivity index is 2.11. The van der Waals surface area contributed by atoms with E-state index in [-0.39, 0.29) is 5.92 Å². The first-order valence-corrected chi connectivity index (χ1v) is 7.33. The molecule has 5 nitrogen and oxygen atoms in total. The van der Waals surface area contributed by atoms with Gasteiger partial charge in [0.1, 0.15) is 0 Å². The van der Waals surface area contributed by atoms with Crippen molar-refractivity contribution in [2.75, 3.05) is 20.1 Å². The van der Waals surface area contributed by atoms with Gasteiger partial charge in [0.25, 0.3) is 10.2 Å². The first-order valence-electron chi connectivity index (χ1n) is 5.89. The second-order valence-electron chi connectivity index (χ2n) is 4.86. The Morgan fingerprint density at radius 3 is 2.81 bits per heavy atom. The first-order chi connectivity index (χ1) is 7.48. The van der Waals surface area contributed by atoms with Gasteiger partial charge in [-0.2, -0.15) is 12.7 Å². The minimum Gasteiger partial charge on any atom is -0.390 e. The van der Waals surface area contributed by atoms with Crippen molar-refractivity contribution < 1.29 is 13.5 Å². The van der Waals surface area contributed by atoms with E-state index in [9.17, 15) is 13.5 Å². The highest BCUT2D eigenvalue weighted by atomic mass is 32.2. The lowest BCUT2D eigenvalue weighted by Gasteiger charge is -2.46. The summed E-state index contributed by atoms with van der Waals surface area (Å²) < 4.78 is 27.1. The molecule has 0 aromatic carbocycles. The monoisotopic (exact) mass is 248 g/mol. The molecular weight excluding hydrogens is 228 g/mol. The largest absolute Gasteiger partial charge is 0.390 e. The average molecular weight is 248 g/mol. The van der Waals surface area contributed by atoms with Crippen LogP contribution in [0.15, 0.2) is 0 Å². The van der Waals surface area contributed by atoms with Gasteiger partial charge in [0.05, 0.1) is 5.60 Å². The number of nitrogens with one attached hydrogen (secondary N) is 1. The van der Waals surface area contributed by atoms with E-state index in [0.717, 1.165) is 25.7 Å². The fraction of sp³-hybridized carbons (Fsp3) is 1.00. The second kappa shape index (κ2) is 4.25. The topological polar surface area (TPSA) is 69.6 Å². The summed E-state index contributed by atoms with van der Waals surface area (Å²) in [6.07, 6.45) is 4.49. The molecule has 1 saturated heterocycles. The SMILES string of the molecule is CNS(=O)(=O)N1CCC2(O)CCCCC2C1. The molecular formula is C10H20N2O3S. The van der Waals surface area contributed by atoms with E-state index in [0.29, 0.717) is 19.5 Å². The molecule has 0 aromatic rings. The predicted octanol–water partition coefficient (Wildman–Crippen LogP) is 0.0776. The third-order valence-electron chi connectivity index (χ3n) is 3.99.